The van der Waals surface area contributed by atoms with E-state index < -0.39 is 35.6 Å². The van der Waals surface area contributed by atoms with Crippen LogP contribution in [0.4, 0.5) is 4.79 Å². The molecule has 4 amide bonds. The van der Waals surface area contributed by atoms with Crippen LogP contribution in [0.3, 0.4) is 0 Å². The molecule has 0 heterocycles. The Hall–Kier alpha value is -3.10. The van der Waals surface area contributed by atoms with E-state index in [4.69, 9.17) is 10.5 Å². The molecule has 1 rings (SSSR count). The zero-order valence-corrected chi connectivity index (χ0v) is 23.2. The molecule has 0 bridgehead atoms. The summed E-state index contributed by atoms with van der Waals surface area (Å²) >= 11 is 0. The first kappa shape index (κ1) is 30.9. The fourth-order valence-electron chi connectivity index (χ4n) is 3.71. The SMILES string of the molecule is CCC(C)N(C(=O)C(CCC(N)=O)NC(=O)OC(C)(C)C)C(C(=O)NC(C)C)c1ccc(C)c(C)c1. The van der Waals surface area contributed by atoms with Crippen molar-refractivity contribution in [1.29, 1.82) is 0 Å². The van der Waals surface area contributed by atoms with E-state index in [2.05, 4.69) is 10.6 Å². The third-order valence-corrected chi connectivity index (χ3v) is 5.79. The van der Waals surface area contributed by atoms with Gasteiger partial charge in [0.2, 0.25) is 17.7 Å². The van der Waals surface area contributed by atoms with E-state index in [1.807, 2.05) is 59.7 Å². The van der Waals surface area contributed by atoms with Crippen molar-refractivity contribution in [3.8, 4) is 0 Å². The number of nitrogens with one attached hydrogen (secondary N) is 2. The predicted molar refractivity (Wildman–Crippen MR) is 140 cm³/mol. The quantitative estimate of drug-likeness (QED) is 0.423. The van der Waals surface area contributed by atoms with Gasteiger partial charge in [0.15, 0.2) is 0 Å². The van der Waals surface area contributed by atoms with Gasteiger partial charge in [-0.2, -0.15) is 0 Å². The molecule has 9 heteroatoms. The highest BCUT2D eigenvalue weighted by Gasteiger charge is 2.38. The van der Waals surface area contributed by atoms with Gasteiger partial charge in [-0.1, -0.05) is 25.1 Å². The standard InChI is InChI=1S/C27H44N4O5/c1-10-19(6)31(23(24(33)29-16(2)3)20-12-11-17(4)18(5)15-20)25(34)21(13-14-22(28)32)30-26(35)36-27(7,8)9/h11-12,15-16,19,21,23H,10,13-14H2,1-9H3,(H2,28,32)(H,29,33)(H,30,35). The van der Waals surface area contributed by atoms with Crippen molar-refractivity contribution in [2.75, 3.05) is 0 Å². The van der Waals surface area contributed by atoms with Crippen molar-refractivity contribution >= 4 is 23.8 Å². The zero-order valence-electron chi connectivity index (χ0n) is 23.2. The summed E-state index contributed by atoms with van der Waals surface area (Å²) in [7, 11) is 0. The Kier molecular flexibility index (Phi) is 11.4. The largest absolute Gasteiger partial charge is 0.444 e. The Balaban J connectivity index is 3.58. The van der Waals surface area contributed by atoms with E-state index in [1.54, 1.807) is 20.8 Å². The number of hydrogen-bond acceptors (Lipinski definition) is 5. The average Bonchev–Trinajstić information content (AvgIpc) is 2.74. The third kappa shape index (κ3) is 9.51. The number of carbonyl (C=O) groups excluding carboxylic acids is 4. The smallest absolute Gasteiger partial charge is 0.408 e. The number of carbonyl (C=O) groups is 4. The minimum atomic E-state index is -1.11. The molecule has 0 aliphatic carbocycles. The predicted octanol–water partition coefficient (Wildman–Crippen LogP) is 3.66. The van der Waals surface area contributed by atoms with E-state index in [0.717, 1.165) is 11.1 Å². The minimum Gasteiger partial charge on any atom is -0.444 e. The number of nitrogens with zero attached hydrogens (tertiary/aromatic N) is 1. The van der Waals surface area contributed by atoms with Crippen molar-refractivity contribution < 1.29 is 23.9 Å². The minimum absolute atomic E-state index is 0.0220. The number of amides is 4. The second-order valence-corrected chi connectivity index (χ2v) is 10.6. The molecule has 36 heavy (non-hydrogen) atoms. The molecule has 0 fully saturated rings. The highest BCUT2D eigenvalue weighted by molar-refractivity contribution is 5.92. The summed E-state index contributed by atoms with van der Waals surface area (Å²) in [6, 6.07) is 3.12. The molecule has 3 atom stereocenters. The highest BCUT2D eigenvalue weighted by Crippen LogP contribution is 2.28. The molecule has 3 unspecified atom stereocenters. The number of rotatable bonds is 11. The summed E-state index contributed by atoms with van der Waals surface area (Å²) in [5.41, 5.74) is 7.28. The van der Waals surface area contributed by atoms with E-state index in [-0.39, 0.29) is 30.8 Å². The normalized spacial score (nSPS) is 13.9. The second kappa shape index (κ2) is 13.3. The van der Waals surface area contributed by atoms with E-state index in [9.17, 15) is 19.2 Å². The number of alkyl carbamates (subject to hydrolysis) is 1. The number of primary amides is 1. The van der Waals surface area contributed by atoms with Gasteiger partial charge in [-0.15, -0.1) is 0 Å². The molecule has 0 spiro atoms. The van der Waals surface area contributed by atoms with Crippen molar-refractivity contribution in [3.63, 3.8) is 0 Å². The van der Waals surface area contributed by atoms with Gasteiger partial charge < -0.3 is 26.0 Å². The molecule has 0 aromatic heterocycles. The summed E-state index contributed by atoms with van der Waals surface area (Å²) in [6.45, 7) is 16.5. The summed E-state index contributed by atoms with van der Waals surface area (Å²) < 4.78 is 5.35. The molecular formula is C27H44N4O5. The van der Waals surface area contributed by atoms with Gasteiger partial charge >= 0.3 is 6.09 Å². The molecule has 9 nitrogen and oxygen atoms in total. The van der Waals surface area contributed by atoms with Gasteiger partial charge in [0, 0.05) is 18.5 Å². The van der Waals surface area contributed by atoms with E-state index >= 15 is 0 Å². The fourth-order valence-corrected chi connectivity index (χ4v) is 3.71. The van der Waals surface area contributed by atoms with Crippen molar-refractivity contribution in [2.45, 2.75) is 111 Å². The molecule has 1 aromatic carbocycles. The monoisotopic (exact) mass is 504 g/mol. The maximum Gasteiger partial charge on any atom is 0.408 e. The van der Waals surface area contributed by atoms with Gasteiger partial charge in [0.05, 0.1) is 0 Å². The van der Waals surface area contributed by atoms with Crippen LogP contribution in [0.15, 0.2) is 18.2 Å². The molecule has 0 saturated carbocycles. The van der Waals surface area contributed by atoms with Gasteiger partial charge in [-0.05, 0) is 84.9 Å². The maximum absolute atomic E-state index is 14.0. The lowest BCUT2D eigenvalue weighted by Gasteiger charge is -2.38. The van der Waals surface area contributed by atoms with Crippen molar-refractivity contribution in [1.82, 2.24) is 15.5 Å². The van der Waals surface area contributed by atoms with Crippen molar-refractivity contribution in [3.05, 3.63) is 34.9 Å². The van der Waals surface area contributed by atoms with Crippen LogP contribution in [0.2, 0.25) is 0 Å². The summed E-state index contributed by atoms with van der Waals surface area (Å²) in [4.78, 5) is 53.2. The number of aryl methyl sites for hydroxylation is 2. The highest BCUT2D eigenvalue weighted by atomic mass is 16.6. The van der Waals surface area contributed by atoms with Crippen LogP contribution in [-0.4, -0.2) is 52.4 Å². The Bertz CT molecular complexity index is 939. The number of nitrogens with two attached hydrogens (primary N) is 1. The second-order valence-electron chi connectivity index (χ2n) is 10.6. The summed E-state index contributed by atoms with van der Waals surface area (Å²) in [5, 5.41) is 5.53. The molecule has 4 N–H and O–H groups in total. The molecular weight excluding hydrogens is 460 g/mol. The lowest BCUT2D eigenvalue weighted by Crippen LogP contribution is -2.56. The van der Waals surface area contributed by atoms with Crippen LogP contribution in [-0.2, 0) is 19.1 Å². The van der Waals surface area contributed by atoms with E-state index in [1.165, 1.54) is 4.90 Å². The fraction of sp³-hybridized carbons (Fsp3) is 0.630. The van der Waals surface area contributed by atoms with Crippen LogP contribution < -0.4 is 16.4 Å². The molecule has 0 aliphatic rings. The molecule has 1 aromatic rings. The molecule has 202 valence electrons. The Morgan fingerprint density at radius 3 is 2.11 bits per heavy atom. The van der Waals surface area contributed by atoms with Crippen LogP contribution in [0.25, 0.3) is 0 Å². The van der Waals surface area contributed by atoms with E-state index in [0.29, 0.717) is 12.0 Å². The lowest BCUT2D eigenvalue weighted by atomic mass is 9.96. The van der Waals surface area contributed by atoms with Crippen molar-refractivity contribution in [2.24, 2.45) is 5.73 Å². The van der Waals surface area contributed by atoms with Crippen LogP contribution in [0.1, 0.15) is 90.5 Å². The van der Waals surface area contributed by atoms with Gasteiger partial charge in [0.25, 0.3) is 0 Å². The average molecular weight is 505 g/mol. The molecule has 0 aliphatic heterocycles. The van der Waals surface area contributed by atoms with Crippen LogP contribution in [0, 0.1) is 13.8 Å². The third-order valence-electron chi connectivity index (χ3n) is 5.79. The first-order valence-electron chi connectivity index (χ1n) is 12.5. The van der Waals surface area contributed by atoms with Crippen LogP contribution in [0.5, 0.6) is 0 Å². The Morgan fingerprint density at radius 1 is 1.03 bits per heavy atom. The number of ether oxygens (including phenoxy) is 1. The number of benzene rings is 1. The first-order chi connectivity index (χ1) is 16.6. The molecule has 0 saturated heterocycles. The lowest BCUT2D eigenvalue weighted by molar-refractivity contribution is -0.145. The Labute approximate surface area is 215 Å². The topological polar surface area (TPSA) is 131 Å². The van der Waals surface area contributed by atoms with Gasteiger partial charge in [0.1, 0.15) is 17.7 Å². The summed E-state index contributed by atoms with van der Waals surface area (Å²) in [6.07, 6.45) is -0.362. The summed E-state index contributed by atoms with van der Waals surface area (Å²) in [5.74, 6) is -1.41. The number of hydrogen-bond donors (Lipinski definition) is 3. The van der Waals surface area contributed by atoms with Crippen LogP contribution >= 0.6 is 0 Å². The molecule has 0 radical (unpaired) electrons. The van der Waals surface area contributed by atoms with Gasteiger partial charge in [-0.25, -0.2) is 4.79 Å². The Morgan fingerprint density at radius 2 is 1.64 bits per heavy atom. The van der Waals surface area contributed by atoms with Gasteiger partial charge in [-0.3, -0.25) is 14.4 Å². The maximum atomic E-state index is 14.0. The first-order valence-corrected chi connectivity index (χ1v) is 12.5. The zero-order chi connectivity index (χ0) is 27.8.